The number of unbranched alkanes of at least 4 members (excludes halogenated alkanes) is 2. The van der Waals surface area contributed by atoms with E-state index in [0.29, 0.717) is 37.7 Å². The number of hydrogen-bond donors (Lipinski definition) is 0. The zero-order chi connectivity index (χ0) is 29.5. The zero-order valence-electron chi connectivity index (χ0n) is 25.9. The summed E-state index contributed by atoms with van der Waals surface area (Å²) in [6.45, 7) is 16.5. The molecule has 0 N–H and O–H groups in total. The molecule has 1 aromatic carbocycles. The molecule has 1 aromatic rings. The normalized spacial score (nSPS) is 22.3. The minimum Gasteiger partial charge on any atom is -0.410 e. The highest BCUT2D eigenvalue weighted by molar-refractivity contribution is 5.75. The molecule has 2 amide bonds. The Labute approximate surface area is 246 Å². The maximum Gasteiger partial charge on any atom is 0.415 e. The van der Waals surface area contributed by atoms with Crippen molar-refractivity contribution in [2.75, 3.05) is 66.5 Å². The molecule has 0 radical (unpaired) electrons. The van der Waals surface area contributed by atoms with Crippen molar-refractivity contribution < 1.29 is 19.1 Å². The third kappa shape index (κ3) is 8.13. The number of amides is 2. The minimum atomic E-state index is -0.343. The molecule has 2 fully saturated rings. The van der Waals surface area contributed by atoms with Crippen LogP contribution in [0.1, 0.15) is 69.9 Å². The molecule has 8 nitrogen and oxygen atoms in total. The summed E-state index contributed by atoms with van der Waals surface area (Å²) in [5, 5.41) is 0. The lowest BCUT2D eigenvalue weighted by molar-refractivity contribution is 0.118. The van der Waals surface area contributed by atoms with Crippen molar-refractivity contribution in [3.05, 3.63) is 47.1 Å². The number of ether oxygens (including phenoxy) is 2. The molecule has 41 heavy (non-hydrogen) atoms. The van der Waals surface area contributed by atoms with E-state index in [1.807, 2.05) is 12.1 Å². The van der Waals surface area contributed by atoms with Crippen molar-refractivity contribution in [2.45, 2.75) is 65.2 Å². The van der Waals surface area contributed by atoms with Gasteiger partial charge in [0.05, 0.1) is 0 Å². The van der Waals surface area contributed by atoms with Crippen molar-refractivity contribution in [2.24, 2.45) is 5.92 Å². The van der Waals surface area contributed by atoms with Crippen LogP contribution >= 0.6 is 0 Å². The average Bonchev–Trinajstić information content (AvgIpc) is 2.93. The van der Waals surface area contributed by atoms with Gasteiger partial charge in [0, 0.05) is 63.8 Å². The van der Waals surface area contributed by atoms with E-state index in [4.69, 9.17) is 9.47 Å². The minimum absolute atomic E-state index is 0.100. The van der Waals surface area contributed by atoms with E-state index >= 15 is 0 Å². The van der Waals surface area contributed by atoms with Gasteiger partial charge in [0.25, 0.3) is 0 Å². The van der Waals surface area contributed by atoms with Crippen molar-refractivity contribution in [3.8, 4) is 11.5 Å². The van der Waals surface area contributed by atoms with E-state index in [0.717, 1.165) is 81.4 Å². The van der Waals surface area contributed by atoms with Gasteiger partial charge in [0.1, 0.15) is 11.5 Å². The Bertz CT molecular complexity index is 1060. The van der Waals surface area contributed by atoms with E-state index in [1.165, 1.54) is 5.57 Å². The van der Waals surface area contributed by atoms with Crippen LogP contribution in [-0.4, -0.2) is 98.2 Å². The third-order valence-corrected chi connectivity index (χ3v) is 8.86. The van der Waals surface area contributed by atoms with Crippen molar-refractivity contribution in [1.29, 1.82) is 0 Å². The standard InChI is InChI=1S/C33H50N4O4/c1-7-8-9-10-26-22-29(40-32(38)36-17-13-34(5)14-18-36)31(28-21-25(4)11-12-27(28)24(2)3)30(23-26)41-33(39)37-19-15-35(6)16-20-37/h21-23,27-28H,2,7-20H2,1,3-6H3/t27-,28?/m1/s1. The summed E-state index contributed by atoms with van der Waals surface area (Å²) in [6, 6.07) is 4.03. The smallest absolute Gasteiger partial charge is 0.410 e. The Morgan fingerprint density at radius 3 is 1.85 bits per heavy atom. The summed E-state index contributed by atoms with van der Waals surface area (Å²) in [6.07, 6.45) is 7.59. The maximum atomic E-state index is 13.5. The molecule has 1 aliphatic carbocycles. The fourth-order valence-electron chi connectivity index (χ4n) is 6.08. The van der Waals surface area contributed by atoms with E-state index in [9.17, 15) is 9.59 Å². The van der Waals surface area contributed by atoms with Crippen molar-refractivity contribution in [1.82, 2.24) is 19.6 Å². The van der Waals surface area contributed by atoms with Crippen LogP contribution < -0.4 is 9.47 Å². The van der Waals surface area contributed by atoms with E-state index in [2.05, 4.69) is 57.3 Å². The van der Waals surface area contributed by atoms with Crippen LogP contribution in [0.3, 0.4) is 0 Å². The molecule has 2 heterocycles. The summed E-state index contributed by atoms with van der Waals surface area (Å²) >= 11 is 0. The first-order chi connectivity index (χ1) is 19.7. The third-order valence-electron chi connectivity index (χ3n) is 8.86. The summed E-state index contributed by atoms with van der Waals surface area (Å²) < 4.78 is 12.5. The molecular formula is C33H50N4O4. The molecule has 0 aromatic heterocycles. The van der Waals surface area contributed by atoms with Gasteiger partial charge >= 0.3 is 12.2 Å². The van der Waals surface area contributed by atoms with Crippen molar-refractivity contribution >= 4 is 12.2 Å². The predicted octanol–water partition coefficient (Wildman–Crippen LogP) is 5.93. The van der Waals surface area contributed by atoms with Gasteiger partial charge in [-0.05, 0) is 77.2 Å². The van der Waals surface area contributed by atoms with Gasteiger partial charge in [0.2, 0.25) is 0 Å². The summed E-state index contributed by atoms with van der Waals surface area (Å²) in [7, 11) is 4.13. The summed E-state index contributed by atoms with van der Waals surface area (Å²) in [5.41, 5.74) is 4.17. The molecular weight excluding hydrogens is 516 g/mol. The molecule has 0 bridgehead atoms. The van der Waals surface area contributed by atoms with Gasteiger partial charge in [-0.3, -0.25) is 0 Å². The molecule has 3 aliphatic rings. The highest BCUT2D eigenvalue weighted by Crippen LogP contribution is 2.47. The van der Waals surface area contributed by atoms with Crippen molar-refractivity contribution in [3.63, 3.8) is 0 Å². The van der Waals surface area contributed by atoms with Gasteiger partial charge in [-0.2, -0.15) is 0 Å². The Morgan fingerprint density at radius 1 is 0.878 bits per heavy atom. The Hall–Kier alpha value is -2.84. The van der Waals surface area contributed by atoms with Gasteiger partial charge in [-0.25, -0.2) is 9.59 Å². The summed E-state index contributed by atoms with van der Waals surface area (Å²) in [4.78, 5) is 35.0. The van der Waals surface area contributed by atoms with E-state index in [1.54, 1.807) is 9.80 Å². The number of allylic oxidation sites excluding steroid dienone is 3. The predicted molar refractivity (Wildman–Crippen MR) is 164 cm³/mol. The molecule has 2 saturated heterocycles. The number of piperazine rings is 2. The first kappa shape index (κ1) is 31.1. The monoisotopic (exact) mass is 566 g/mol. The quantitative estimate of drug-likeness (QED) is 0.287. The number of carbonyl (C=O) groups is 2. The molecule has 2 atom stereocenters. The van der Waals surface area contributed by atoms with Crippen LogP contribution in [0.25, 0.3) is 0 Å². The molecule has 4 rings (SSSR count). The highest BCUT2D eigenvalue weighted by atomic mass is 16.6. The number of rotatable bonds is 8. The van der Waals surface area contributed by atoms with E-state index in [-0.39, 0.29) is 24.0 Å². The second-order valence-electron chi connectivity index (χ2n) is 12.3. The molecule has 8 heteroatoms. The number of nitrogens with zero attached hydrogens (tertiary/aromatic N) is 4. The number of likely N-dealkylation sites (N-methyl/N-ethyl adjacent to an activating group) is 2. The molecule has 226 valence electrons. The fraction of sp³-hybridized carbons (Fsp3) is 0.636. The largest absolute Gasteiger partial charge is 0.415 e. The van der Waals surface area contributed by atoms with E-state index < -0.39 is 0 Å². The fourth-order valence-corrected chi connectivity index (χ4v) is 6.08. The lowest BCUT2D eigenvalue weighted by atomic mass is 9.73. The second kappa shape index (κ2) is 14.4. The van der Waals surface area contributed by atoms with Gasteiger partial charge < -0.3 is 29.1 Å². The lowest BCUT2D eigenvalue weighted by Gasteiger charge is -2.35. The molecule has 0 saturated carbocycles. The maximum absolute atomic E-state index is 13.5. The zero-order valence-corrected chi connectivity index (χ0v) is 25.9. The number of carbonyl (C=O) groups excluding carboxylic acids is 2. The first-order valence-corrected chi connectivity index (χ1v) is 15.5. The van der Waals surface area contributed by atoms with Gasteiger partial charge in [0.15, 0.2) is 0 Å². The van der Waals surface area contributed by atoms with Crippen LogP contribution in [0.5, 0.6) is 11.5 Å². The van der Waals surface area contributed by atoms with Gasteiger partial charge in [-0.15, -0.1) is 0 Å². The second-order valence-corrected chi connectivity index (χ2v) is 12.3. The Balaban J connectivity index is 1.76. The lowest BCUT2D eigenvalue weighted by Crippen LogP contribution is -2.48. The van der Waals surface area contributed by atoms with Crippen LogP contribution in [-0.2, 0) is 6.42 Å². The van der Waals surface area contributed by atoms with Gasteiger partial charge in [-0.1, -0.05) is 43.6 Å². The Kier molecular flexibility index (Phi) is 10.9. The SMILES string of the molecule is C=C(C)[C@H]1CCC(C)=CC1c1c(OC(=O)N2CCN(C)CC2)cc(CCCCC)cc1OC(=O)N1CCN(C)CC1. The topological polar surface area (TPSA) is 65.6 Å². The summed E-state index contributed by atoms with van der Waals surface area (Å²) in [5.74, 6) is 1.07. The number of benzene rings is 1. The highest BCUT2D eigenvalue weighted by Gasteiger charge is 2.34. The molecule has 0 spiro atoms. The Morgan fingerprint density at radius 2 is 1.39 bits per heavy atom. The van der Waals surface area contributed by atoms with Crippen LogP contribution in [0.15, 0.2) is 35.9 Å². The number of hydrogen-bond acceptors (Lipinski definition) is 6. The van der Waals surface area contributed by atoms with Crippen LogP contribution in [0.2, 0.25) is 0 Å². The molecule has 1 unspecified atom stereocenters. The number of aryl methyl sites for hydroxylation is 1. The molecule has 2 aliphatic heterocycles. The average molecular weight is 567 g/mol. The first-order valence-electron chi connectivity index (χ1n) is 15.5. The van der Waals surface area contributed by atoms with Crippen LogP contribution in [0.4, 0.5) is 9.59 Å². The van der Waals surface area contributed by atoms with Crippen LogP contribution in [0, 0.1) is 5.92 Å².